The van der Waals surface area contributed by atoms with Gasteiger partial charge in [-0.25, -0.2) is 9.78 Å². The summed E-state index contributed by atoms with van der Waals surface area (Å²) in [6.07, 6.45) is 2.55. The van der Waals surface area contributed by atoms with Gasteiger partial charge in [-0.15, -0.1) is 12.4 Å². The number of aromatic nitrogens is 1. The molecule has 2 aromatic rings. The second kappa shape index (κ2) is 10.2. The molecule has 9 nitrogen and oxygen atoms in total. The highest BCUT2D eigenvalue weighted by molar-refractivity contribution is 6.02. The van der Waals surface area contributed by atoms with Gasteiger partial charge in [-0.3, -0.25) is 9.59 Å². The Bertz CT molecular complexity index is 931. The smallest absolute Gasteiger partial charge is 0.329 e. The summed E-state index contributed by atoms with van der Waals surface area (Å²) in [6.45, 7) is 2.24. The van der Waals surface area contributed by atoms with Crippen LogP contribution in [0.5, 0.6) is 0 Å². The van der Waals surface area contributed by atoms with Crippen molar-refractivity contribution in [1.82, 2.24) is 15.2 Å². The highest BCUT2D eigenvalue weighted by atomic mass is 35.5. The molecule has 0 spiro atoms. The maximum Gasteiger partial charge on any atom is 0.329 e. The van der Waals surface area contributed by atoms with Gasteiger partial charge in [-0.2, -0.15) is 0 Å². The number of piperidine rings is 1. The van der Waals surface area contributed by atoms with Gasteiger partial charge in [0.05, 0.1) is 6.10 Å². The van der Waals surface area contributed by atoms with Crippen molar-refractivity contribution in [1.29, 1.82) is 0 Å². The number of nitrogens with one attached hydrogen (secondary N) is 1. The van der Waals surface area contributed by atoms with Crippen molar-refractivity contribution in [3.63, 3.8) is 0 Å². The monoisotopic (exact) mass is 436 g/mol. The maximum absolute atomic E-state index is 12.6. The van der Waals surface area contributed by atoms with Crippen LogP contribution in [-0.4, -0.2) is 64.6 Å². The number of amides is 2. The Morgan fingerprint density at radius 2 is 2.00 bits per heavy atom. The van der Waals surface area contributed by atoms with E-state index in [1.165, 1.54) is 0 Å². The first kappa shape index (κ1) is 23.4. The number of carbonyl (C=O) groups excluding carboxylic acids is 2. The number of hydrogen-bond acceptors (Lipinski definition) is 6. The molecule has 4 N–H and O–H groups in total. The molecule has 0 radical (unpaired) electrons. The normalized spacial score (nSPS) is 15.3. The van der Waals surface area contributed by atoms with E-state index in [1.54, 1.807) is 42.3 Å². The van der Waals surface area contributed by atoms with Gasteiger partial charge in [0.2, 0.25) is 5.91 Å². The van der Waals surface area contributed by atoms with Gasteiger partial charge in [0.1, 0.15) is 18.5 Å². The molecular formula is C20H25ClN4O5. The molecule has 0 unspecified atom stereocenters. The van der Waals surface area contributed by atoms with Gasteiger partial charge >= 0.3 is 5.97 Å². The van der Waals surface area contributed by atoms with Crippen LogP contribution in [0.2, 0.25) is 0 Å². The van der Waals surface area contributed by atoms with Gasteiger partial charge in [0.25, 0.3) is 5.91 Å². The van der Waals surface area contributed by atoms with Crippen molar-refractivity contribution in [2.24, 2.45) is 0 Å². The van der Waals surface area contributed by atoms with Crippen LogP contribution in [0.3, 0.4) is 0 Å². The Labute approximate surface area is 180 Å². The van der Waals surface area contributed by atoms with Crippen LogP contribution in [0.15, 0.2) is 30.5 Å². The molecule has 0 aliphatic carbocycles. The van der Waals surface area contributed by atoms with Crippen LogP contribution in [0, 0.1) is 0 Å². The lowest BCUT2D eigenvalue weighted by Gasteiger charge is -2.33. The SMILES string of the molecule is C[C@H](NC(=O)c1ccc2c(N)nccc2c1)C(=O)N1CCC(OCC(=O)O)CC1.Cl. The van der Waals surface area contributed by atoms with Crippen LogP contribution in [0.4, 0.5) is 5.82 Å². The number of aliphatic carboxylic acids is 1. The largest absolute Gasteiger partial charge is 0.480 e. The highest BCUT2D eigenvalue weighted by Gasteiger charge is 2.27. The van der Waals surface area contributed by atoms with Gasteiger partial charge in [-0.05, 0) is 49.4 Å². The van der Waals surface area contributed by atoms with Crippen molar-refractivity contribution in [2.75, 3.05) is 25.4 Å². The van der Waals surface area contributed by atoms with Crippen molar-refractivity contribution < 1.29 is 24.2 Å². The van der Waals surface area contributed by atoms with Crippen molar-refractivity contribution >= 4 is 46.8 Å². The van der Waals surface area contributed by atoms with E-state index >= 15 is 0 Å². The summed E-state index contributed by atoms with van der Waals surface area (Å²) in [4.78, 5) is 41.5. The highest BCUT2D eigenvalue weighted by Crippen LogP contribution is 2.20. The van der Waals surface area contributed by atoms with Crippen molar-refractivity contribution in [2.45, 2.75) is 31.9 Å². The third-order valence-electron chi connectivity index (χ3n) is 4.97. The first-order valence-electron chi connectivity index (χ1n) is 9.42. The minimum Gasteiger partial charge on any atom is -0.480 e. The second-order valence-corrected chi connectivity index (χ2v) is 7.06. The van der Waals surface area contributed by atoms with E-state index < -0.39 is 12.0 Å². The number of nitrogen functional groups attached to an aromatic ring is 1. The molecule has 3 rings (SSSR count). The summed E-state index contributed by atoms with van der Waals surface area (Å²) in [5, 5.41) is 13.0. The number of nitrogens with two attached hydrogens (primary N) is 1. The second-order valence-electron chi connectivity index (χ2n) is 7.06. The van der Waals surface area contributed by atoms with Crippen LogP contribution >= 0.6 is 12.4 Å². The molecule has 0 bridgehead atoms. The lowest BCUT2D eigenvalue weighted by atomic mass is 10.1. The molecule has 1 fully saturated rings. The van der Waals surface area contributed by atoms with Gasteiger partial charge < -0.3 is 25.8 Å². The predicted octanol–water partition coefficient (Wildman–Crippen LogP) is 1.45. The molecule has 1 aliphatic heterocycles. The summed E-state index contributed by atoms with van der Waals surface area (Å²) < 4.78 is 5.28. The van der Waals surface area contributed by atoms with Crippen LogP contribution in [0.1, 0.15) is 30.1 Å². The number of fused-ring (bicyclic) bond motifs is 1. The zero-order chi connectivity index (χ0) is 21.0. The zero-order valence-corrected chi connectivity index (χ0v) is 17.4. The number of carboxylic acid groups (broad SMARTS) is 1. The van der Waals surface area contributed by atoms with E-state index in [1.807, 2.05) is 0 Å². The summed E-state index contributed by atoms with van der Waals surface area (Å²) in [5.41, 5.74) is 6.26. The summed E-state index contributed by atoms with van der Waals surface area (Å²) in [7, 11) is 0. The number of benzene rings is 1. The van der Waals surface area contributed by atoms with E-state index in [9.17, 15) is 14.4 Å². The minimum atomic E-state index is -1.01. The number of rotatable bonds is 6. The Kier molecular flexibility index (Phi) is 7.96. The van der Waals surface area contributed by atoms with Gasteiger partial charge in [0.15, 0.2) is 0 Å². The predicted molar refractivity (Wildman–Crippen MR) is 114 cm³/mol. The number of pyridine rings is 1. The number of halogens is 1. The number of hydrogen-bond donors (Lipinski definition) is 3. The summed E-state index contributed by atoms with van der Waals surface area (Å²) >= 11 is 0. The van der Waals surface area contributed by atoms with Crippen LogP contribution < -0.4 is 11.1 Å². The molecule has 2 amide bonds. The third kappa shape index (κ3) is 5.58. The van der Waals surface area contributed by atoms with E-state index in [-0.39, 0.29) is 36.9 Å². The average Bonchev–Trinajstić information content (AvgIpc) is 2.72. The Hall–Kier alpha value is -2.91. The Morgan fingerprint density at radius 1 is 1.30 bits per heavy atom. The number of carboxylic acids is 1. The molecule has 1 atom stereocenters. The third-order valence-corrected chi connectivity index (χ3v) is 4.97. The fraction of sp³-hybridized carbons (Fsp3) is 0.400. The number of ether oxygens (including phenoxy) is 1. The fourth-order valence-electron chi connectivity index (χ4n) is 3.39. The molecule has 30 heavy (non-hydrogen) atoms. The number of carbonyl (C=O) groups is 3. The summed E-state index contributed by atoms with van der Waals surface area (Å²) in [5.74, 6) is -1.13. The average molecular weight is 437 g/mol. The molecule has 162 valence electrons. The van der Waals surface area contributed by atoms with Gasteiger partial charge in [-0.1, -0.05) is 0 Å². The first-order valence-corrected chi connectivity index (χ1v) is 9.42. The summed E-state index contributed by atoms with van der Waals surface area (Å²) in [6, 6.07) is 6.19. The first-order chi connectivity index (χ1) is 13.8. The van der Waals surface area contributed by atoms with E-state index in [4.69, 9.17) is 15.6 Å². The molecular weight excluding hydrogens is 412 g/mol. The van der Waals surface area contributed by atoms with Crippen LogP contribution in [-0.2, 0) is 14.3 Å². The van der Waals surface area contributed by atoms with Crippen molar-refractivity contribution in [3.05, 3.63) is 36.0 Å². The lowest BCUT2D eigenvalue weighted by molar-refractivity contribution is -0.147. The van der Waals surface area contributed by atoms with Crippen LogP contribution in [0.25, 0.3) is 10.8 Å². The van der Waals surface area contributed by atoms with E-state index in [0.717, 1.165) is 10.8 Å². The number of likely N-dealkylation sites (tertiary alicyclic amines) is 1. The molecule has 10 heteroatoms. The number of nitrogens with zero attached hydrogens (tertiary/aromatic N) is 2. The zero-order valence-electron chi connectivity index (χ0n) is 16.5. The molecule has 1 aromatic heterocycles. The minimum absolute atomic E-state index is 0. The lowest BCUT2D eigenvalue weighted by Crippen LogP contribution is -2.50. The van der Waals surface area contributed by atoms with Crippen molar-refractivity contribution in [3.8, 4) is 0 Å². The Balaban J connectivity index is 0.00000320. The topological polar surface area (TPSA) is 135 Å². The Morgan fingerprint density at radius 3 is 2.67 bits per heavy atom. The fourth-order valence-corrected chi connectivity index (χ4v) is 3.39. The maximum atomic E-state index is 12.6. The molecule has 1 aromatic carbocycles. The molecule has 2 heterocycles. The van der Waals surface area contributed by atoms with Gasteiger partial charge in [0, 0.05) is 30.2 Å². The molecule has 1 aliphatic rings. The van der Waals surface area contributed by atoms with E-state index in [0.29, 0.717) is 37.3 Å². The van der Waals surface area contributed by atoms with E-state index in [2.05, 4.69) is 10.3 Å². The molecule has 0 saturated carbocycles. The quantitative estimate of drug-likeness (QED) is 0.623. The number of anilines is 1. The molecule has 1 saturated heterocycles. The standard InChI is InChI=1S/C20H24N4O5.ClH/c1-12(20(28)24-8-5-15(6-9-24)29-11-17(25)26)23-19(27)14-2-3-16-13(10-14)4-7-22-18(16)21;/h2-4,7,10,12,15H,5-6,8-9,11H2,1H3,(H2,21,22)(H,23,27)(H,25,26);1H/t12-;/m0./s1.